The summed E-state index contributed by atoms with van der Waals surface area (Å²) in [5, 5.41) is 0. The monoisotopic (exact) mass is 351 g/mol. The number of aryl methyl sites for hydroxylation is 1. The molecule has 4 rings (SSSR count). The number of H-pyrrole nitrogens is 1. The zero-order valence-electron chi connectivity index (χ0n) is 14.7. The molecule has 0 radical (unpaired) electrons. The van der Waals surface area contributed by atoms with Gasteiger partial charge in [0.05, 0.1) is 22.9 Å². The Bertz CT molecular complexity index is 958. The Kier molecular flexibility index (Phi) is 4.20. The fourth-order valence-corrected chi connectivity index (χ4v) is 3.39. The van der Waals surface area contributed by atoms with E-state index in [4.69, 9.17) is 0 Å². The molecule has 0 spiro atoms. The second-order valence-electron chi connectivity index (χ2n) is 6.64. The van der Waals surface area contributed by atoms with Gasteiger partial charge < -0.3 is 19.4 Å². The minimum atomic E-state index is -0.00416. The second-order valence-corrected chi connectivity index (χ2v) is 6.64. The third-order valence-corrected chi connectivity index (χ3v) is 4.82. The third kappa shape index (κ3) is 3.08. The molecular formula is C19H21N5O2. The van der Waals surface area contributed by atoms with Gasteiger partial charge in [-0.1, -0.05) is 0 Å². The first-order chi connectivity index (χ1) is 12.6. The van der Waals surface area contributed by atoms with Crippen LogP contribution >= 0.6 is 0 Å². The summed E-state index contributed by atoms with van der Waals surface area (Å²) < 4.78 is 1.87. The largest absolute Gasteiger partial charge is 0.356 e. The highest BCUT2D eigenvalue weighted by Crippen LogP contribution is 2.16. The number of imidazole rings is 1. The molecule has 134 valence electrons. The molecule has 0 unspecified atom stereocenters. The highest BCUT2D eigenvalue weighted by atomic mass is 16.2. The summed E-state index contributed by atoms with van der Waals surface area (Å²) in [5.41, 5.74) is 3.03. The molecule has 0 aliphatic carbocycles. The quantitative estimate of drug-likeness (QED) is 0.766. The Morgan fingerprint density at radius 1 is 1.00 bits per heavy atom. The van der Waals surface area contributed by atoms with Crippen molar-refractivity contribution in [1.82, 2.24) is 24.3 Å². The highest BCUT2D eigenvalue weighted by Gasteiger charge is 2.24. The predicted molar refractivity (Wildman–Crippen MR) is 97.9 cm³/mol. The van der Waals surface area contributed by atoms with Crippen LogP contribution in [0.2, 0.25) is 0 Å². The molecule has 1 saturated heterocycles. The normalized spacial score (nSPS) is 15.3. The van der Waals surface area contributed by atoms with Crippen LogP contribution in [0.3, 0.4) is 0 Å². The maximum absolute atomic E-state index is 12.9. The molecule has 1 fully saturated rings. The van der Waals surface area contributed by atoms with Crippen molar-refractivity contribution >= 4 is 22.8 Å². The van der Waals surface area contributed by atoms with E-state index in [9.17, 15) is 9.59 Å². The van der Waals surface area contributed by atoms with Gasteiger partial charge in [0, 0.05) is 51.2 Å². The number of aromatic amines is 1. The van der Waals surface area contributed by atoms with Gasteiger partial charge >= 0.3 is 0 Å². The summed E-state index contributed by atoms with van der Waals surface area (Å²) in [4.78, 5) is 36.4. The minimum Gasteiger partial charge on any atom is -0.356 e. The lowest BCUT2D eigenvalue weighted by molar-refractivity contribution is 0.0719. The number of nitrogens with zero attached hydrogens (tertiary/aromatic N) is 4. The summed E-state index contributed by atoms with van der Waals surface area (Å²) in [5.74, 6) is 0.0225. The molecule has 7 heteroatoms. The number of fused-ring (bicyclic) bond motifs is 1. The number of carbonyl (C=O) groups excluding carboxylic acids is 2. The van der Waals surface area contributed by atoms with Crippen molar-refractivity contribution in [3.05, 3.63) is 54.1 Å². The van der Waals surface area contributed by atoms with Crippen LogP contribution in [-0.4, -0.2) is 62.3 Å². The van der Waals surface area contributed by atoms with Crippen molar-refractivity contribution < 1.29 is 9.59 Å². The molecule has 1 aliphatic heterocycles. The van der Waals surface area contributed by atoms with Crippen LogP contribution in [0.25, 0.3) is 11.0 Å². The lowest BCUT2D eigenvalue weighted by atomic mass is 10.1. The molecule has 1 aromatic carbocycles. The predicted octanol–water partition coefficient (Wildman–Crippen LogP) is 1.89. The number of aromatic nitrogens is 3. The number of nitrogens with one attached hydrogen (secondary N) is 1. The van der Waals surface area contributed by atoms with E-state index in [0.717, 1.165) is 17.5 Å². The van der Waals surface area contributed by atoms with E-state index in [1.54, 1.807) is 6.33 Å². The Hall–Kier alpha value is -3.09. The Morgan fingerprint density at radius 3 is 2.42 bits per heavy atom. The molecule has 0 saturated carbocycles. The fraction of sp³-hybridized carbons (Fsp3) is 0.316. The summed E-state index contributed by atoms with van der Waals surface area (Å²) in [6, 6.07) is 7.32. The van der Waals surface area contributed by atoms with Gasteiger partial charge in [0.1, 0.15) is 0 Å². The fourth-order valence-electron chi connectivity index (χ4n) is 3.39. The van der Waals surface area contributed by atoms with Gasteiger partial charge in [-0.25, -0.2) is 4.98 Å². The molecular weight excluding hydrogens is 330 g/mol. The summed E-state index contributed by atoms with van der Waals surface area (Å²) in [7, 11) is 1.90. The molecule has 26 heavy (non-hydrogen) atoms. The van der Waals surface area contributed by atoms with Gasteiger partial charge in [-0.2, -0.15) is 0 Å². The highest BCUT2D eigenvalue weighted by molar-refractivity contribution is 5.97. The van der Waals surface area contributed by atoms with E-state index in [1.165, 1.54) is 0 Å². The first kappa shape index (κ1) is 16.4. The van der Waals surface area contributed by atoms with Gasteiger partial charge in [-0.05, 0) is 30.7 Å². The van der Waals surface area contributed by atoms with E-state index in [0.29, 0.717) is 37.3 Å². The zero-order chi connectivity index (χ0) is 18.1. The van der Waals surface area contributed by atoms with Crippen LogP contribution in [0.4, 0.5) is 0 Å². The Morgan fingerprint density at radius 2 is 1.73 bits per heavy atom. The van der Waals surface area contributed by atoms with E-state index >= 15 is 0 Å². The summed E-state index contributed by atoms with van der Waals surface area (Å²) in [6.07, 6.45) is 6.09. The van der Waals surface area contributed by atoms with Crippen molar-refractivity contribution in [2.24, 2.45) is 7.05 Å². The number of carbonyl (C=O) groups is 2. The molecule has 1 aliphatic rings. The maximum Gasteiger partial charge on any atom is 0.255 e. The number of amides is 2. The number of hydrogen-bond acceptors (Lipinski definition) is 3. The van der Waals surface area contributed by atoms with Crippen LogP contribution in [-0.2, 0) is 7.05 Å². The Balaban J connectivity index is 1.45. The minimum absolute atomic E-state index is 0.00416. The van der Waals surface area contributed by atoms with Crippen LogP contribution in [0.1, 0.15) is 27.1 Å². The average molecular weight is 351 g/mol. The number of rotatable bonds is 2. The van der Waals surface area contributed by atoms with Gasteiger partial charge in [0.2, 0.25) is 0 Å². The molecule has 0 atom stereocenters. The van der Waals surface area contributed by atoms with Gasteiger partial charge in [0.15, 0.2) is 0 Å². The summed E-state index contributed by atoms with van der Waals surface area (Å²) in [6.45, 7) is 2.40. The van der Waals surface area contributed by atoms with Gasteiger partial charge in [-0.3, -0.25) is 9.59 Å². The SMILES string of the molecule is Cn1ccc(C(=O)N2CCCN(C(=O)c3ccc4nc[nH]c4c3)CC2)c1. The molecule has 0 bridgehead atoms. The smallest absolute Gasteiger partial charge is 0.255 e. The maximum atomic E-state index is 12.9. The van der Waals surface area contributed by atoms with E-state index in [1.807, 2.05) is 58.1 Å². The molecule has 1 N–H and O–H groups in total. The third-order valence-electron chi connectivity index (χ3n) is 4.82. The second kappa shape index (κ2) is 6.67. The first-order valence-corrected chi connectivity index (χ1v) is 8.75. The number of benzene rings is 1. The molecule has 3 heterocycles. The standard InChI is InChI=1S/C19H21N5O2/c1-22-8-5-15(12-22)19(26)24-7-2-6-23(9-10-24)18(25)14-3-4-16-17(11-14)21-13-20-16/h3-5,8,11-13H,2,6-7,9-10H2,1H3,(H,20,21). The number of hydrogen-bond donors (Lipinski definition) is 1. The van der Waals surface area contributed by atoms with E-state index < -0.39 is 0 Å². The Labute approximate surface area is 151 Å². The zero-order valence-corrected chi connectivity index (χ0v) is 14.7. The van der Waals surface area contributed by atoms with Crippen LogP contribution in [0.15, 0.2) is 43.0 Å². The molecule has 3 aromatic rings. The molecule has 2 aromatic heterocycles. The van der Waals surface area contributed by atoms with Crippen molar-refractivity contribution in [2.75, 3.05) is 26.2 Å². The molecule has 7 nitrogen and oxygen atoms in total. The van der Waals surface area contributed by atoms with Gasteiger partial charge in [0.25, 0.3) is 11.8 Å². The first-order valence-electron chi connectivity index (χ1n) is 8.75. The van der Waals surface area contributed by atoms with Crippen molar-refractivity contribution in [3.63, 3.8) is 0 Å². The topological polar surface area (TPSA) is 74.2 Å². The van der Waals surface area contributed by atoms with Crippen LogP contribution in [0.5, 0.6) is 0 Å². The summed E-state index contributed by atoms with van der Waals surface area (Å²) >= 11 is 0. The van der Waals surface area contributed by atoms with Crippen LogP contribution < -0.4 is 0 Å². The van der Waals surface area contributed by atoms with E-state index in [2.05, 4.69) is 9.97 Å². The molecule has 2 amide bonds. The van der Waals surface area contributed by atoms with Crippen molar-refractivity contribution in [1.29, 1.82) is 0 Å². The lowest BCUT2D eigenvalue weighted by Crippen LogP contribution is -2.37. The van der Waals surface area contributed by atoms with Crippen molar-refractivity contribution in [2.45, 2.75) is 6.42 Å². The van der Waals surface area contributed by atoms with E-state index in [-0.39, 0.29) is 11.8 Å². The lowest BCUT2D eigenvalue weighted by Gasteiger charge is -2.22. The van der Waals surface area contributed by atoms with Gasteiger partial charge in [-0.15, -0.1) is 0 Å². The van der Waals surface area contributed by atoms with Crippen LogP contribution in [0, 0.1) is 0 Å². The average Bonchev–Trinajstić information content (AvgIpc) is 3.22. The van der Waals surface area contributed by atoms with Crippen molar-refractivity contribution in [3.8, 4) is 0 Å².